The molecule has 92 valence electrons. The average Bonchev–Trinajstić information content (AvgIpc) is 2.83. The predicted molar refractivity (Wildman–Crippen MR) is 72.6 cm³/mol. The zero-order valence-electron chi connectivity index (χ0n) is 9.81. The van der Waals surface area contributed by atoms with Crippen molar-refractivity contribution < 1.29 is 9.21 Å². The molecular formula is C14H12ClNO2. The van der Waals surface area contributed by atoms with E-state index in [0.717, 1.165) is 5.56 Å². The molecule has 3 nitrogen and oxygen atoms in total. The lowest BCUT2D eigenvalue weighted by atomic mass is 10.2. The van der Waals surface area contributed by atoms with Gasteiger partial charge in [-0.15, -0.1) is 0 Å². The Balaban J connectivity index is 2.03. The van der Waals surface area contributed by atoms with Gasteiger partial charge in [0, 0.05) is 6.08 Å². The van der Waals surface area contributed by atoms with Gasteiger partial charge in [-0.3, -0.25) is 4.79 Å². The monoisotopic (exact) mass is 261 g/mol. The second kappa shape index (κ2) is 5.56. The van der Waals surface area contributed by atoms with Crippen molar-refractivity contribution in [3.05, 3.63) is 59.0 Å². The van der Waals surface area contributed by atoms with E-state index in [1.807, 2.05) is 13.0 Å². The molecule has 1 aromatic carbocycles. The minimum absolute atomic E-state index is 0.253. The van der Waals surface area contributed by atoms with Crippen molar-refractivity contribution in [3.8, 4) is 0 Å². The molecule has 0 aliphatic carbocycles. The summed E-state index contributed by atoms with van der Waals surface area (Å²) in [5, 5.41) is 3.22. The molecule has 1 N–H and O–H groups in total. The van der Waals surface area contributed by atoms with E-state index in [4.69, 9.17) is 16.0 Å². The summed E-state index contributed by atoms with van der Waals surface area (Å²) < 4.78 is 5.08. The fourth-order valence-corrected chi connectivity index (χ4v) is 1.72. The molecule has 0 spiro atoms. The Kier molecular flexibility index (Phi) is 3.85. The van der Waals surface area contributed by atoms with Crippen molar-refractivity contribution >= 4 is 29.3 Å². The van der Waals surface area contributed by atoms with Crippen molar-refractivity contribution in [1.82, 2.24) is 0 Å². The Labute approximate surface area is 110 Å². The summed E-state index contributed by atoms with van der Waals surface area (Å²) in [6, 6.07) is 8.98. The second-order valence-corrected chi connectivity index (χ2v) is 4.23. The lowest BCUT2D eigenvalue weighted by Crippen LogP contribution is -2.08. The second-order valence-electron chi connectivity index (χ2n) is 3.82. The molecule has 0 unspecified atom stereocenters. The third kappa shape index (κ3) is 3.25. The number of carbonyl (C=O) groups excluding carboxylic acids is 1. The summed E-state index contributed by atoms with van der Waals surface area (Å²) in [6.45, 7) is 1.94. The van der Waals surface area contributed by atoms with E-state index in [9.17, 15) is 4.79 Å². The topological polar surface area (TPSA) is 42.2 Å². The highest BCUT2D eigenvalue weighted by Gasteiger charge is 2.03. The number of hydrogen-bond acceptors (Lipinski definition) is 2. The number of halogens is 1. The maximum atomic E-state index is 11.6. The zero-order chi connectivity index (χ0) is 13.0. The number of carbonyl (C=O) groups is 1. The Morgan fingerprint density at radius 1 is 1.39 bits per heavy atom. The first-order chi connectivity index (χ1) is 8.65. The maximum absolute atomic E-state index is 11.6. The Hall–Kier alpha value is -2.00. The summed E-state index contributed by atoms with van der Waals surface area (Å²) in [5.41, 5.74) is 1.64. The van der Waals surface area contributed by atoms with E-state index in [1.54, 1.807) is 36.6 Å². The van der Waals surface area contributed by atoms with Crippen LogP contribution in [0.25, 0.3) is 6.08 Å². The van der Waals surface area contributed by atoms with Crippen LogP contribution in [0.5, 0.6) is 0 Å². The number of hydrogen-bond donors (Lipinski definition) is 1. The van der Waals surface area contributed by atoms with Gasteiger partial charge >= 0.3 is 0 Å². The summed E-state index contributed by atoms with van der Waals surface area (Å²) in [6.07, 6.45) is 4.54. The van der Waals surface area contributed by atoms with E-state index in [0.29, 0.717) is 16.5 Å². The van der Waals surface area contributed by atoms with E-state index in [1.165, 1.54) is 6.08 Å². The van der Waals surface area contributed by atoms with E-state index < -0.39 is 0 Å². The number of nitrogens with one attached hydrogen (secondary N) is 1. The number of anilines is 1. The number of benzene rings is 1. The summed E-state index contributed by atoms with van der Waals surface area (Å²) >= 11 is 6.02. The fraction of sp³-hybridized carbons (Fsp3) is 0.0714. The molecule has 1 aromatic heterocycles. The lowest BCUT2D eigenvalue weighted by Gasteiger charge is -2.05. The highest BCUT2D eigenvalue weighted by molar-refractivity contribution is 6.33. The Morgan fingerprint density at radius 3 is 2.89 bits per heavy atom. The van der Waals surface area contributed by atoms with Gasteiger partial charge in [-0.1, -0.05) is 17.7 Å². The van der Waals surface area contributed by atoms with Crippen molar-refractivity contribution in [3.63, 3.8) is 0 Å². The van der Waals surface area contributed by atoms with Gasteiger partial charge in [-0.05, 0) is 42.8 Å². The molecule has 2 aromatic rings. The standard InChI is InChI=1S/C14H12ClNO2/c1-10-4-6-13(12(15)9-10)16-14(17)7-5-11-3-2-8-18-11/h2-9H,1H3,(H,16,17). The van der Waals surface area contributed by atoms with Gasteiger partial charge in [0.25, 0.3) is 0 Å². The Morgan fingerprint density at radius 2 is 2.22 bits per heavy atom. The van der Waals surface area contributed by atoms with Crippen LogP contribution in [0.1, 0.15) is 11.3 Å². The molecule has 0 fully saturated rings. The van der Waals surface area contributed by atoms with Crippen LogP contribution >= 0.6 is 11.6 Å². The third-order valence-corrected chi connectivity index (χ3v) is 2.64. The van der Waals surface area contributed by atoms with E-state index >= 15 is 0 Å². The fourth-order valence-electron chi connectivity index (χ4n) is 1.44. The number of aryl methyl sites for hydroxylation is 1. The third-order valence-electron chi connectivity index (χ3n) is 2.32. The van der Waals surface area contributed by atoms with Gasteiger partial charge in [-0.2, -0.15) is 0 Å². The van der Waals surface area contributed by atoms with Gasteiger partial charge in [0.2, 0.25) is 5.91 Å². The van der Waals surface area contributed by atoms with Crippen LogP contribution in [-0.2, 0) is 4.79 Å². The number of furan rings is 1. The SMILES string of the molecule is Cc1ccc(NC(=O)C=Cc2ccco2)c(Cl)c1. The highest BCUT2D eigenvalue weighted by atomic mass is 35.5. The van der Waals surface area contributed by atoms with Gasteiger partial charge < -0.3 is 9.73 Å². The van der Waals surface area contributed by atoms with Crippen molar-refractivity contribution in [2.24, 2.45) is 0 Å². The van der Waals surface area contributed by atoms with Crippen LogP contribution in [-0.4, -0.2) is 5.91 Å². The molecule has 0 saturated heterocycles. The number of amides is 1. The minimum atomic E-state index is -0.253. The summed E-state index contributed by atoms with van der Waals surface area (Å²) in [5.74, 6) is 0.373. The van der Waals surface area contributed by atoms with Crippen LogP contribution in [0.3, 0.4) is 0 Å². The van der Waals surface area contributed by atoms with Crippen molar-refractivity contribution in [1.29, 1.82) is 0 Å². The first-order valence-corrected chi connectivity index (χ1v) is 5.81. The molecule has 0 radical (unpaired) electrons. The predicted octanol–water partition coefficient (Wildman–Crippen LogP) is 3.89. The molecule has 0 saturated carbocycles. The van der Waals surface area contributed by atoms with Crippen LogP contribution < -0.4 is 5.32 Å². The van der Waals surface area contributed by atoms with E-state index in [2.05, 4.69) is 5.32 Å². The van der Waals surface area contributed by atoms with Crippen LogP contribution in [0.15, 0.2) is 47.1 Å². The number of rotatable bonds is 3. The van der Waals surface area contributed by atoms with Gasteiger partial charge in [0.15, 0.2) is 0 Å². The quantitative estimate of drug-likeness (QED) is 0.852. The molecule has 0 aliphatic heterocycles. The molecule has 18 heavy (non-hydrogen) atoms. The van der Waals surface area contributed by atoms with Crippen LogP contribution in [0.2, 0.25) is 5.02 Å². The molecule has 2 rings (SSSR count). The highest BCUT2D eigenvalue weighted by Crippen LogP contribution is 2.22. The molecule has 1 heterocycles. The molecule has 0 aliphatic rings. The van der Waals surface area contributed by atoms with Crippen molar-refractivity contribution in [2.45, 2.75) is 6.92 Å². The first kappa shape index (κ1) is 12.5. The molecule has 4 heteroatoms. The van der Waals surface area contributed by atoms with Gasteiger partial charge in [-0.25, -0.2) is 0 Å². The largest absolute Gasteiger partial charge is 0.465 e. The van der Waals surface area contributed by atoms with E-state index in [-0.39, 0.29) is 5.91 Å². The molecule has 1 amide bonds. The molecule has 0 bridgehead atoms. The maximum Gasteiger partial charge on any atom is 0.248 e. The lowest BCUT2D eigenvalue weighted by molar-refractivity contribution is -0.111. The smallest absolute Gasteiger partial charge is 0.248 e. The average molecular weight is 262 g/mol. The minimum Gasteiger partial charge on any atom is -0.465 e. The van der Waals surface area contributed by atoms with Gasteiger partial charge in [0.1, 0.15) is 5.76 Å². The van der Waals surface area contributed by atoms with Crippen LogP contribution in [0, 0.1) is 6.92 Å². The first-order valence-electron chi connectivity index (χ1n) is 5.44. The van der Waals surface area contributed by atoms with Crippen LogP contribution in [0.4, 0.5) is 5.69 Å². The summed E-state index contributed by atoms with van der Waals surface area (Å²) in [4.78, 5) is 11.6. The van der Waals surface area contributed by atoms with Crippen molar-refractivity contribution in [2.75, 3.05) is 5.32 Å². The molecular weight excluding hydrogens is 250 g/mol. The molecule has 0 atom stereocenters. The normalized spacial score (nSPS) is 10.8. The summed E-state index contributed by atoms with van der Waals surface area (Å²) in [7, 11) is 0. The Bertz CT molecular complexity index is 573. The van der Waals surface area contributed by atoms with Gasteiger partial charge in [0.05, 0.1) is 17.0 Å². The zero-order valence-corrected chi connectivity index (χ0v) is 10.6.